The van der Waals surface area contributed by atoms with Crippen molar-refractivity contribution in [2.75, 3.05) is 26.3 Å². The quantitative estimate of drug-likeness (QED) is 0.912. The smallest absolute Gasteiger partial charge is 0.256 e. The Morgan fingerprint density at radius 2 is 1.91 bits per heavy atom. The third-order valence-electron chi connectivity index (χ3n) is 4.95. The first-order chi connectivity index (χ1) is 10.6. The van der Waals surface area contributed by atoms with Gasteiger partial charge in [0.05, 0.1) is 0 Å². The molecule has 2 aliphatic heterocycles. The number of amides is 1. The number of carbonyl (C=O) groups excluding carboxylic acids is 1. The molecule has 0 bridgehead atoms. The largest absolute Gasteiger partial charge is 0.381 e. The van der Waals surface area contributed by atoms with Gasteiger partial charge in [0.25, 0.3) is 5.91 Å². The first kappa shape index (κ1) is 15.4. The molecule has 120 valence electrons. The maximum absolute atomic E-state index is 13.0. The molecular weight excluding hydrogens is 285 g/mol. The van der Waals surface area contributed by atoms with Gasteiger partial charge in [-0.25, -0.2) is 4.39 Å². The summed E-state index contributed by atoms with van der Waals surface area (Å²) in [6.45, 7) is 2.87. The lowest BCUT2D eigenvalue weighted by Gasteiger charge is -2.45. The zero-order chi connectivity index (χ0) is 15.6. The molecule has 2 saturated heterocycles. The summed E-state index contributed by atoms with van der Waals surface area (Å²) in [6, 6.07) is 5.46. The van der Waals surface area contributed by atoms with Gasteiger partial charge in [-0.1, -0.05) is 12.1 Å². The summed E-state index contributed by atoms with van der Waals surface area (Å²) >= 11 is 0. The molecule has 3 rings (SSSR count). The van der Waals surface area contributed by atoms with Crippen LogP contribution in [0.1, 0.15) is 37.4 Å². The summed E-state index contributed by atoms with van der Waals surface area (Å²) in [5.74, 6) is -0.653. The van der Waals surface area contributed by atoms with Gasteiger partial charge in [-0.05, 0) is 48.8 Å². The minimum Gasteiger partial charge on any atom is -0.381 e. The molecule has 2 fully saturated rings. The fourth-order valence-corrected chi connectivity index (χ4v) is 3.57. The predicted octanol–water partition coefficient (Wildman–Crippen LogP) is 2.28. The third kappa shape index (κ3) is 3.15. The molecule has 0 radical (unpaired) electrons. The van der Waals surface area contributed by atoms with Crippen molar-refractivity contribution in [2.45, 2.75) is 31.8 Å². The Bertz CT molecular complexity index is 520. The second kappa shape index (κ2) is 6.34. The standard InChI is InChI=1S/C17H22FNO3/c18-14-4-2-13(3-5-14)15(20)16(21)19-9-1-6-17(12-19)7-10-22-11-8-17/h2-5,15,20H,1,6-12H2/t15-/m1/s1. The number of ether oxygens (including phenoxy) is 1. The molecule has 1 aromatic rings. The number of halogens is 1. The van der Waals surface area contributed by atoms with Crippen LogP contribution in [0, 0.1) is 11.2 Å². The van der Waals surface area contributed by atoms with Crippen molar-refractivity contribution in [1.29, 1.82) is 0 Å². The van der Waals surface area contributed by atoms with E-state index in [0.717, 1.165) is 38.9 Å². The monoisotopic (exact) mass is 307 g/mol. The number of piperidine rings is 1. The van der Waals surface area contributed by atoms with E-state index in [1.807, 2.05) is 0 Å². The number of rotatable bonds is 2. The molecule has 0 aliphatic carbocycles. The van der Waals surface area contributed by atoms with Crippen LogP contribution in [0.3, 0.4) is 0 Å². The molecule has 1 aromatic carbocycles. The van der Waals surface area contributed by atoms with Crippen molar-refractivity contribution in [2.24, 2.45) is 5.41 Å². The van der Waals surface area contributed by atoms with Gasteiger partial charge in [0, 0.05) is 26.3 Å². The Labute approximate surface area is 129 Å². The van der Waals surface area contributed by atoms with E-state index in [-0.39, 0.29) is 17.1 Å². The van der Waals surface area contributed by atoms with E-state index in [9.17, 15) is 14.3 Å². The zero-order valence-electron chi connectivity index (χ0n) is 12.6. The second-order valence-electron chi connectivity index (χ2n) is 6.43. The minimum atomic E-state index is -1.21. The summed E-state index contributed by atoms with van der Waals surface area (Å²) < 4.78 is 18.4. The number of likely N-dealkylation sites (tertiary alicyclic amines) is 1. The molecule has 5 heteroatoms. The summed E-state index contributed by atoms with van der Waals surface area (Å²) in [7, 11) is 0. The molecule has 22 heavy (non-hydrogen) atoms. The molecule has 2 aliphatic rings. The van der Waals surface area contributed by atoms with Gasteiger partial charge in [-0.15, -0.1) is 0 Å². The van der Waals surface area contributed by atoms with E-state index in [2.05, 4.69) is 0 Å². The lowest BCUT2D eigenvalue weighted by Crippen LogP contribution is -2.49. The lowest BCUT2D eigenvalue weighted by atomic mass is 9.74. The highest BCUT2D eigenvalue weighted by atomic mass is 19.1. The van der Waals surface area contributed by atoms with E-state index in [0.29, 0.717) is 18.7 Å². The topological polar surface area (TPSA) is 49.8 Å². The molecule has 0 unspecified atom stereocenters. The van der Waals surface area contributed by atoms with Crippen LogP contribution in [0.4, 0.5) is 4.39 Å². The van der Waals surface area contributed by atoms with E-state index in [1.54, 1.807) is 4.90 Å². The number of benzene rings is 1. The number of hydrogen-bond acceptors (Lipinski definition) is 3. The van der Waals surface area contributed by atoms with Crippen molar-refractivity contribution in [3.63, 3.8) is 0 Å². The van der Waals surface area contributed by atoms with Crippen molar-refractivity contribution in [1.82, 2.24) is 4.90 Å². The van der Waals surface area contributed by atoms with Gasteiger partial charge < -0.3 is 14.7 Å². The van der Waals surface area contributed by atoms with Crippen molar-refractivity contribution in [3.8, 4) is 0 Å². The Morgan fingerprint density at radius 1 is 1.23 bits per heavy atom. The summed E-state index contributed by atoms with van der Waals surface area (Å²) in [6.07, 6.45) is 2.82. The Balaban J connectivity index is 1.69. The summed E-state index contributed by atoms with van der Waals surface area (Å²) in [5.41, 5.74) is 0.590. The van der Waals surface area contributed by atoms with Crippen LogP contribution < -0.4 is 0 Å². The molecule has 1 spiro atoms. The number of aliphatic hydroxyl groups is 1. The average Bonchev–Trinajstić information content (AvgIpc) is 2.55. The van der Waals surface area contributed by atoms with Crippen LogP contribution in [0.5, 0.6) is 0 Å². The van der Waals surface area contributed by atoms with Gasteiger partial charge in [-0.3, -0.25) is 4.79 Å². The van der Waals surface area contributed by atoms with E-state index in [4.69, 9.17) is 4.74 Å². The molecular formula is C17H22FNO3. The fourth-order valence-electron chi connectivity index (χ4n) is 3.57. The molecule has 1 N–H and O–H groups in total. The van der Waals surface area contributed by atoms with Crippen LogP contribution in [-0.4, -0.2) is 42.2 Å². The summed E-state index contributed by atoms with van der Waals surface area (Å²) in [5, 5.41) is 10.3. The predicted molar refractivity (Wildman–Crippen MR) is 79.7 cm³/mol. The van der Waals surface area contributed by atoms with Crippen LogP contribution >= 0.6 is 0 Å². The van der Waals surface area contributed by atoms with Crippen LogP contribution in [-0.2, 0) is 9.53 Å². The molecule has 1 amide bonds. The first-order valence-electron chi connectivity index (χ1n) is 7.90. The fraction of sp³-hybridized carbons (Fsp3) is 0.588. The van der Waals surface area contributed by atoms with Crippen molar-refractivity contribution >= 4 is 5.91 Å². The van der Waals surface area contributed by atoms with Crippen LogP contribution in [0.2, 0.25) is 0 Å². The van der Waals surface area contributed by atoms with Crippen molar-refractivity contribution in [3.05, 3.63) is 35.6 Å². The van der Waals surface area contributed by atoms with Crippen molar-refractivity contribution < 1.29 is 19.0 Å². The number of aliphatic hydroxyl groups excluding tert-OH is 1. The Morgan fingerprint density at radius 3 is 2.59 bits per heavy atom. The second-order valence-corrected chi connectivity index (χ2v) is 6.43. The molecule has 0 saturated carbocycles. The maximum atomic E-state index is 13.0. The number of hydrogen-bond donors (Lipinski definition) is 1. The normalized spacial score (nSPS) is 22.5. The van der Waals surface area contributed by atoms with E-state index < -0.39 is 6.10 Å². The van der Waals surface area contributed by atoms with Gasteiger partial charge in [-0.2, -0.15) is 0 Å². The Kier molecular flexibility index (Phi) is 4.45. The van der Waals surface area contributed by atoms with Gasteiger partial charge in [0.2, 0.25) is 0 Å². The molecule has 0 aromatic heterocycles. The molecule has 2 heterocycles. The third-order valence-corrected chi connectivity index (χ3v) is 4.95. The number of carbonyl (C=O) groups is 1. The van der Waals surface area contributed by atoms with Gasteiger partial charge >= 0.3 is 0 Å². The molecule has 1 atom stereocenters. The van der Waals surface area contributed by atoms with Crippen LogP contribution in [0.15, 0.2) is 24.3 Å². The highest BCUT2D eigenvalue weighted by molar-refractivity contribution is 5.82. The van der Waals surface area contributed by atoms with Gasteiger partial charge in [0.15, 0.2) is 6.10 Å². The van der Waals surface area contributed by atoms with Crippen LogP contribution in [0.25, 0.3) is 0 Å². The molecule has 4 nitrogen and oxygen atoms in total. The first-order valence-corrected chi connectivity index (χ1v) is 7.90. The minimum absolute atomic E-state index is 0.147. The van der Waals surface area contributed by atoms with E-state index in [1.165, 1.54) is 24.3 Å². The van der Waals surface area contributed by atoms with E-state index >= 15 is 0 Å². The van der Waals surface area contributed by atoms with Gasteiger partial charge in [0.1, 0.15) is 5.82 Å². The zero-order valence-corrected chi connectivity index (χ0v) is 12.6. The highest BCUT2D eigenvalue weighted by Crippen LogP contribution is 2.39. The SMILES string of the molecule is O=C([C@H](O)c1ccc(F)cc1)N1CCCC2(CCOCC2)C1. The lowest BCUT2D eigenvalue weighted by molar-refractivity contribution is -0.146. The maximum Gasteiger partial charge on any atom is 0.256 e. The average molecular weight is 307 g/mol. The number of nitrogens with zero attached hydrogens (tertiary/aromatic N) is 1. The highest BCUT2D eigenvalue weighted by Gasteiger charge is 2.39. The summed E-state index contributed by atoms with van der Waals surface area (Å²) in [4.78, 5) is 14.3. The Hall–Kier alpha value is -1.46.